The molecule has 0 aromatic rings. The molecule has 110 valence electrons. The molecule has 0 bridgehead atoms. The van der Waals surface area contributed by atoms with Crippen molar-refractivity contribution >= 4 is 0 Å². The molecule has 1 saturated carbocycles. The average molecular weight is 268 g/mol. The lowest BCUT2D eigenvalue weighted by Crippen LogP contribution is -2.46. The molecule has 19 heavy (non-hydrogen) atoms. The van der Waals surface area contributed by atoms with E-state index < -0.39 is 6.17 Å². The summed E-state index contributed by atoms with van der Waals surface area (Å²) in [5.74, 6) is 1.61. The standard InChI is InChI=1S/C16H29FN2/c1-12-3-8-16-18(9-12)10-13(2)19(16)11-14-4-6-15(17)7-5-14/h12-16H,3-11H2,1-2H3. The van der Waals surface area contributed by atoms with Gasteiger partial charge in [0, 0.05) is 25.7 Å². The summed E-state index contributed by atoms with van der Waals surface area (Å²) in [5.41, 5.74) is 0. The van der Waals surface area contributed by atoms with Gasteiger partial charge >= 0.3 is 0 Å². The second-order valence-electron chi connectivity index (χ2n) is 7.28. The van der Waals surface area contributed by atoms with Crippen molar-refractivity contribution in [1.29, 1.82) is 0 Å². The minimum absolute atomic E-state index is 0.515. The molecule has 3 unspecified atom stereocenters. The Kier molecular flexibility index (Phi) is 4.14. The lowest BCUT2D eigenvalue weighted by molar-refractivity contribution is 0.0490. The van der Waals surface area contributed by atoms with Gasteiger partial charge in [0.05, 0.1) is 6.17 Å². The lowest BCUT2D eigenvalue weighted by Gasteiger charge is -2.39. The molecule has 2 nitrogen and oxygen atoms in total. The van der Waals surface area contributed by atoms with E-state index >= 15 is 0 Å². The van der Waals surface area contributed by atoms with Crippen LogP contribution >= 0.6 is 0 Å². The molecule has 2 heterocycles. The highest BCUT2D eigenvalue weighted by molar-refractivity contribution is 4.92. The fourth-order valence-corrected chi connectivity index (χ4v) is 4.44. The van der Waals surface area contributed by atoms with E-state index in [1.54, 1.807) is 0 Å². The van der Waals surface area contributed by atoms with Crippen molar-refractivity contribution in [3.63, 3.8) is 0 Å². The molecule has 0 N–H and O–H groups in total. The van der Waals surface area contributed by atoms with Crippen LogP contribution < -0.4 is 0 Å². The molecule has 3 atom stereocenters. The molecule has 1 aliphatic carbocycles. The Balaban J connectivity index is 1.58. The largest absolute Gasteiger partial charge is 0.286 e. The van der Waals surface area contributed by atoms with E-state index in [2.05, 4.69) is 23.6 Å². The third-order valence-electron chi connectivity index (χ3n) is 5.58. The summed E-state index contributed by atoms with van der Waals surface area (Å²) in [6, 6.07) is 0.693. The van der Waals surface area contributed by atoms with Gasteiger partial charge in [0.15, 0.2) is 0 Å². The van der Waals surface area contributed by atoms with Crippen molar-refractivity contribution < 1.29 is 4.39 Å². The van der Waals surface area contributed by atoms with E-state index in [4.69, 9.17) is 0 Å². The van der Waals surface area contributed by atoms with Crippen LogP contribution in [0.1, 0.15) is 52.4 Å². The Morgan fingerprint density at radius 1 is 0.947 bits per heavy atom. The molecule has 0 amide bonds. The molecule has 0 aromatic carbocycles. The Hall–Kier alpha value is -0.150. The van der Waals surface area contributed by atoms with E-state index in [0.29, 0.717) is 12.2 Å². The predicted molar refractivity (Wildman–Crippen MR) is 76.8 cm³/mol. The molecule has 3 fully saturated rings. The van der Waals surface area contributed by atoms with E-state index in [0.717, 1.165) is 37.5 Å². The zero-order valence-electron chi connectivity index (χ0n) is 12.5. The molecule has 0 aromatic heterocycles. The maximum Gasteiger partial charge on any atom is 0.100 e. The van der Waals surface area contributed by atoms with Gasteiger partial charge in [-0.3, -0.25) is 9.80 Å². The van der Waals surface area contributed by atoms with E-state index in [-0.39, 0.29) is 0 Å². The van der Waals surface area contributed by atoms with E-state index in [1.165, 1.54) is 32.5 Å². The average Bonchev–Trinajstić information content (AvgIpc) is 2.68. The smallest absolute Gasteiger partial charge is 0.100 e. The lowest BCUT2D eigenvalue weighted by atomic mass is 9.87. The number of piperidine rings is 1. The maximum atomic E-state index is 13.2. The zero-order chi connectivity index (χ0) is 13.4. The van der Waals surface area contributed by atoms with Gasteiger partial charge in [-0.2, -0.15) is 0 Å². The van der Waals surface area contributed by atoms with Crippen LogP contribution in [0.3, 0.4) is 0 Å². The van der Waals surface area contributed by atoms with Crippen LogP contribution in [-0.2, 0) is 0 Å². The molecule has 0 spiro atoms. The summed E-state index contributed by atoms with van der Waals surface area (Å²) >= 11 is 0. The first kappa shape index (κ1) is 13.8. The Morgan fingerprint density at radius 2 is 1.68 bits per heavy atom. The summed E-state index contributed by atoms with van der Waals surface area (Å²) in [6.07, 6.45) is 6.71. The predicted octanol–water partition coefficient (Wildman–Crippen LogP) is 3.28. The van der Waals surface area contributed by atoms with Crippen LogP contribution in [0.5, 0.6) is 0 Å². The molecule has 2 aliphatic heterocycles. The van der Waals surface area contributed by atoms with Gasteiger partial charge in [-0.25, -0.2) is 4.39 Å². The van der Waals surface area contributed by atoms with Crippen LogP contribution in [0.4, 0.5) is 4.39 Å². The summed E-state index contributed by atoms with van der Waals surface area (Å²) in [6.45, 7) is 8.50. The third-order valence-corrected chi connectivity index (χ3v) is 5.58. The maximum absolute atomic E-state index is 13.2. The Morgan fingerprint density at radius 3 is 2.42 bits per heavy atom. The van der Waals surface area contributed by atoms with Crippen LogP contribution in [0, 0.1) is 11.8 Å². The minimum atomic E-state index is -0.515. The van der Waals surface area contributed by atoms with Crippen LogP contribution in [-0.4, -0.2) is 47.8 Å². The highest BCUT2D eigenvalue weighted by atomic mass is 19.1. The first-order valence-electron chi connectivity index (χ1n) is 8.27. The second kappa shape index (κ2) is 5.69. The number of nitrogens with zero attached hydrogens (tertiary/aromatic N) is 2. The van der Waals surface area contributed by atoms with Gasteiger partial charge in [0.1, 0.15) is 6.17 Å². The molecule has 3 heteroatoms. The number of hydrogen-bond acceptors (Lipinski definition) is 2. The highest BCUT2D eigenvalue weighted by Gasteiger charge is 2.40. The van der Waals surface area contributed by atoms with Gasteiger partial charge < -0.3 is 0 Å². The topological polar surface area (TPSA) is 6.48 Å². The SMILES string of the molecule is CC1CCC2N(C1)CC(C)N2CC1CCC(F)CC1. The minimum Gasteiger partial charge on any atom is -0.286 e. The van der Waals surface area contributed by atoms with E-state index in [1.807, 2.05) is 0 Å². The van der Waals surface area contributed by atoms with Gasteiger partial charge in [0.25, 0.3) is 0 Å². The third kappa shape index (κ3) is 2.97. The fraction of sp³-hybridized carbons (Fsp3) is 1.00. The van der Waals surface area contributed by atoms with Gasteiger partial charge in [0.2, 0.25) is 0 Å². The Bertz CT molecular complexity index is 301. The molecular weight excluding hydrogens is 239 g/mol. The number of rotatable bonds is 2. The first-order valence-corrected chi connectivity index (χ1v) is 8.27. The number of alkyl halides is 1. The van der Waals surface area contributed by atoms with Crippen molar-refractivity contribution in [2.24, 2.45) is 11.8 Å². The summed E-state index contributed by atoms with van der Waals surface area (Å²) in [4.78, 5) is 5.43. The summed E-state index contributed by atoms with van der Waals surface area (Å²) in [7, 11) is 0. The number of fused-ring (bicyclic) bond motifs is 1. The molecule has 3 aliphatic rings. The van der Waals surface area contributed by atoms with Gasteiger partial charge in [-0.05, 0) is 57.3 Å². The first-order chi connectivity index (χ1) is 9.13. The molecular formula is C16H29FN2. The van der Waals surface area contributed by atoms with E-state index in [9.17, 15) is 4.39 Å². The molecule has 0 radical (unpaired) electrons. The fourth-order valence-electron chi connectivity index (χ4n) is 4.44. The summed E-state index contributed by atoms with van der Waals surface area (Å²) < 4.78 is 13.2. The van der Waals surface area contributed by atoms with Crippen molar-refractivity contribution in [1.82, 2.24) is 9.80 Å². The Labute approximate surface area is 117 Å². The van der Waals surface area contributed by atoms with Gasteiger partial charge in [-0.1, -0.05) is 6.92 Å². The number of hydrogen-bond donors (Lipinski definition) is 0. The second-order valence-corrected chi connectivity index (χ2v) is 7.28. The van der Waals surface area contributed by atoms with Crippen LogP contribution in [0.25, 0.3) is 0 Å². The number of halogens is 1. The molecule has 3 rings (SSSR count). The van der Waals surface area contributed by atoms with Crippen molar-refractivity contribution in [2.45, 2.75) is 70.8 Å². The quantitative estimate of drug-likeness (QED) is 0.758. The van der Waals surface area contributed by atoms with Crippen molar-refractivity contribution in [3.8, 4) is 0 Å². The van der Waals surface area contributed by atoms with Crippen molar-refractivity contribution in [2.75, 3.05) is 19.6 Å². The van der Waals surface area contributed by atoms with Crippen LogP contribution in [0.2, 0.25) is 0 Å². The highest BCUT2D eigenvalue weighted by Crippen LogP contribution is 2.34. The van der Waals surface area contributed by atoms with Crippen LogP contribution in [0.15, 0.2) is 0 Å². The summed E-state index contributed by atoms with van der Waals surface area (Å²) in [5, 5.41) is 0. The normalized spacial score (nSPS) is 45.3. The van der Waals surface area contributed by atoms with Crippen molar-refractivity contribution in [3.05, 3.63) is 0 Å². The zero-order valence-corrected chi connectivity index (χ0v) is 12.5. The van der Waals surface area contributed by atoms with Gasteiger partial charge in [-0.15, -0.1) is 0 Å². The monoisotopic (exact) mass is 268 g/mol. The molecule has 2 saturated heterocycles.